The van der Waals surface area contributed by atoms with Gasteiger partial charge in [-0.3, -0.25) is 0 Å². The summed E-state index contributed by atoms with van der Waals surface area (Å²) in [4.78, 5) is 0.390. The maximum absolute atomic E-state index is 11.6. The van der Waals surface area contributed by atoms with Crippen molar-refractivity contribution >= 4 is 9.84 Å². The second kappa shape index (κ2) is 8.66. The number of sulfone groups is 1. The van der Waals surface area contributed by atoms with Gasteiger partial charge in [0.25, 0.3) is 0 Å². The van der Waals surface area contributed by atoms with Crippen LogP contribution in [0.2, 0.25) is 0 Å². The summed E-state index contributed by atoms with van der Waals surface area (Å²) < 4.78 is 29.1. The zero-order chi connectivity index (χ0) is 20.3. The molecule has 2 aromatic rings. The number of hydrogen-bond acceptors (Lipinski definition) is 4. The molecule has 4 nitrogen and oxygen atoms in total. The van der Waals surface area contributed by atoms with E-state index in [1.54, 1.807) is 12.1 Å². The molecule has 1 saturated carbocycles. The van der Waals surface area contributed by atoms with Gasteiger partial charge < -0.3 is 10.1 Å². The molecule has 1 N–H and O–H groups in total. The number of hydrogen-bond donors (Lipinski definition) is 1. The maximum atomic E-state index is 11.6. The molecule has 0 bridgehead atoms. The van der Waals surface area contributed by atoms with Gasteiger partial charge in [-0.1, -0.05) is 24.3 Å². The van der Waals surface area contributed by atoms with Crippen molar-refractivity contribution in [3.05, 3.63) is 59.7 Å². The van der Waals surface area contributed by atoms with Crippen molar-refractivity contribution in [2.75, 3.05) is 6.26 Å². The van der Waals surface area contributed by atoms with Crippen molar-refractivity contribution in [1.82, 2.24) is 5.32 Å². The van der Waals surface area contributed by atoms with Crippen molar-refractivity contribution < 1.29 is 13.2 Å². The Labute approximate surface area is 169 Å². The minimum absolute atomic E-state index is 0.170. The molecule has 0 spiro atoms. The van der Waals surface area contributed by atoms with Crippen LogP contribution >= 0.6 is 0 Å². The van der Waals surface area contributed by atoms with Crippen molar-refractivity contribution in [2.45, 2.75) is 69.0 Å². The van der Waals surface area contributed by atoms with E-state index in [9.17, 15) is 8.42 Å². The molecule has 0 heterocycles. The smallest absolute Gasteiger partial charge is 0.175 e. The Morgan fingerprint density at radius 1 is 1.04 bits per heavy atom. The van der Waals surface area contributed by atoms with E-state index in [-0.39, 0.29) is 12.1 Å². The highest BCUT2D eigenvalue weighted by molar-refractivity contribution is 7.90. The van der Waals surface area contributed by atoms with E-state index in [0.717, 1.165) is 25.0 Å². The predicted octanol–water partition coefficient (Wildman–Crippen LogP) is 4.86. The summed E-state index contributed by atoms with van der Waals surface area (Å²) in [6.07, 6.45) is 4.75. The third-order valence-electron chi connectivity index (χ3n) is 5.43. The van der Waals surface area contributed by atoms with E-state index in [2.05, 4.69) is 24.4 Å². The topological polar surface area (TPSA) is 55.4 Å². The van der Waals surface area contributed by atoms with Crippen LogP contribution in [0.5, 0.6) is 5.75 Å². The third-order valence-corrected chi connectivity index (χ3v) is 6.56. The van der Waals surface area contributed by atoms with Gasteiger partial charge in [0.2, 0.25) is 0 Å². The summed E-state index contributed by atoms with van der Waals surface area (Å²) in [6.45, 7) is 6.27. The van der Waals surface area contributed by atoms with Crippen molar-refractivity contribution in [3.8, 4) is 5.75 Å². The Kier molecular flexibility index (Phi) is 6.46. The van der Waals surface area contributed by atoms with Gasteiger partial charge in [0.05, 0.1) is 11.0 Å². The van der Waals surface area contributed by atoms with E-state index in [0.29, 0.717) is 16.9 Å². The minimum Gasteiger partial charge on any atom is -0.491 e. The van der Waals surface area contributed by atoms with E-state index < -0.39 is 9.84 Å². The lowest BCUT2D eigenvalue weighted by atomic mass is 9.97. The van der Waals surface area contributed by atoms with Crippen LogP contribution in [0.1, 0.15) is 63.1 Å². The summed E-state index contributed by atoms with van der Waals surface area (Å²) in [7, 11) is -3.13. The molecule has 1 aliphatic carbocycles. The first-order chi connectivity index (χ1) is 13.2. The highest BCUT2D eigenvalue weighted by atomic mass is 32.2. The van der Waals surface area contributed by atoms with Crippen LogP contribution in [0.25, 0.3) is 0 Å². The van der Waals surface area contributed by atoms with Crippen LogP contribution in [0.3, 0.4) is 0 Å². The molecule has 0 aromatic heterocycles. The van der Waals surface area contributed by atoms with Gasteiger partial charge in [0.1, 0.15) is 5.75 Å². The second-order valence-corrected chi connectivity index (χ2v) is 10.2. The lowest BCUT2D eigenvalue weighted by molar-refractivity contribution is 0.242. The molecular formula is C23H31NO3S. The van der Waals surface area contributed by atoms with Gasteiger partial charge in [-0.05, 0) is 81.3 Å². The number of rotatable bonds is 7. The molecule has 1 fully saturated rings. The van der Waals surface area contributed by atoms with Gasteiger partial charge in [-0.25, -0.2) is 8.42 Å². The van der Waals surface area contributed by atoms with Crippen molar-refractivity contribution in [1.29, 1.82) is 0 Å². The highest BCUT2D eigenvalue weighted by Gasteiger charge is 2.27. The monoisotopic (exact) mass is 401 g/mol. The summed E-state index contributed by atoms with van der Waals surface area (Å²) in [5, 5.41) is 3.76. The standard InChI is InChI=1S/C23H31NO3S/c1-16(2)27-22-7-5-6-19(15-22)17(3)24-21-11-8-20(14-21)18-9-12-23(13-10-18)28(4,25)26/h5-7,9-10,12-13,15-17,20-21,24H,8,11,14H2,1-4H3/t17-,20?,21+/m1/s1. The molecule has 3 atom stereocenters. The first-order valence-corrected chi connectivity index (χ1v) is 11.9. The van der Waals surface area contributed by atoms with Gasteiger partial charge >= 0.3 is 0 Å². The fourth-order valence-corrected chi connectivity index (χ4v) is 4.63. The van der Waals surface area contributed by atoms with Crippen LogP contribution in [0, 0.1) is 0 Å². The summed E-state index contributed by atoms with van der Waals surface area (Å²) in [5.41, 5.74) is 2.47. The molecule has 0 aliphatic heterocycles. The van der Waals surface area contributed by atoms with Gasteiger partial charge in [-0.2, -0.15) is 0 Å². The Bertz CT molecular complexity index is 890. The van der Waals surface area contributed by atoms with Crippen molar-refractivity contribution in [3.63, 3.8) is 0 Å². The lowest BCUT2D eigenvalue weighted by Crippen LogP contribution is -2.29. The van der Waals surface area contributed by atoms with E-state index in [4.69, 9.17) is 4.74 Å². The molecule has 0 radical (unpaired) electrons. The average molecular weight is 402 g/mol. The minimum atomic E-state index is -3.13. The molecule has 1 aliphatic rings. The molecule has 1 unspecified atom stereocenters. The maximum Gasteiger partial charge on any atom is 0.175 e. The van der Waals surface area contributed by atoms with Crippen LogP contribution in [0.4, 0.5) is 0 Å². The molecule has 28 heavy (non-hydrogen) atoms. The van der Waals surface area contributed by atoms with Gasteiger partial charge in [0.15, 0.2) is 9.84 Å². The molecule has 2 aromatic carbocycles. The lowest BCUT2D eigenvalue weighted by Gasteiger charge is -2.21. The van der Waals surface area contributed by atoms with Crippen LogP contribution in [-0.2, 0) is 9.84 Å². The fraction of sp³-hybridized carbons (Fsp3) is 0.478. The van der Waals surface area contributed by atoms with Crippen LogP contribution in [0.15, 0.2) is 53.4 Å². The SMILES string of the molecule is CC(C)Oc1cccc([C@@H](C)N[C@H]2CCC(c3ccc(S(C)(=O)=O)cc3)C2)c1. The fourth-order valence-electron chi connectivity index (χ4n) is 4.00. The zero-order valence-corrected chi connectivity index (χ0v) is 18.0. The second-order valence-electron chi connectivity index (χ2n) is 8.18. The molecular weight excluding hydrogens is 370 g/mol. The number of ether oxygens (including phenoxy) is 1. The summed E-state index contributed by atoms with van der Waals surface area (Å²) in [5.74, 6) is 1.39. The summed E-state index contributed by atoms with van der Waals surface area (Å²) >= 11 is 0. The Morgan fingerprint density at radius 2 is 1.75 bits per heavy atom. The molecule has 0 amide bonds. The van der Waals surface area contributed by atoms with E-state index >= 15 is 0 Å². The van der Waals surface area contributed by atoms with Crippen LogP contribution in [-0.4, -0.2) is 26.8 Å². The first-order valence-electron chi connectivity index (χ1n) is 10.0. The highest BCUT2D eigenvalue weighted by Crippen LogP contribution is 2.36. The van der Waals surface area contributed by atoms with Crippen LogP contribution < -0.4 is 10.1 Å². The molecule has 3 rings (SSSR count). The zero-order valence-electron chi connectivity index (χ0n) is 17.2. The largest absolute Gasteiger partial charge is 0.491 e. The number of benzene rings is 2. The first kappa shape index (κ1) is 20.9. The Morgan fingerprint density at radius 3 is 2.39 bits per heavy atom. The van der Waals surface area contributed by atoms with E-state index in [1.807, 2.05) is 38.1 Å². The normalized spacial score (nSPS) is 21.0. The molecule has 152 valence electrons. The predicted molar refractivity (Wildman–Crippen MR) is 114 cm³/mol. The summed E-state index contributed by atoms with van der Waals surface area (Å²) in [6, 6.07) is 16.4. The Balaban J connectivity index is 1.60. The molecule has 5 heteroatoms. The molecule has 0 saturated heterocycles. The Hall–Kier alpha value is -1.85. The third kappa shape index (κ3) is 5.36. The quantitative estimate of drug-likeness (QED) is 0.719. The average Bonchev–Trinajstić information content (AvgIpc) is 3.09. The van der Waals surface area contributed by atoms with Crippen molar-refractivity contribution in [2.24, 2.45) is 0 Å². The van der Waals surface area contributed by atoms with Gasteiger partial charge in [0, 0.05) is 18.3 Å². The van der Waals surface area contributed by atoms with Gasteiger partial charge in [-0.15, -0.1) is 0 Å². The number of nitrogens with one attached hydrogen (secondary N) is 1. The van der Waals surface area contributed by atoms with E-state index in [1.165, 1.54) is 17.4 Å².